The summed E-state index contributed by atoms with van der Waals surface area (Å²) in [5, 5.41) is 3.50. The van der Waals surface area contributed by atoms with E-state index < -0.39 is 0 Å². The highest BCUT2D eigenvalue weighted by Crippen LogP contribution is 2.27. The quantitative estimate of drug-likeness (QED) is 0.818. The highest BCUT2D eigenvalue weighted by molar-refractivity contribution is 5.52. The zero-order chi connectivity index (χ0) is 11.4. The highest BCUT2D eigenvalue weighted by Gasteiger charge is 2.11. The third kappa shape index (κ3) is 2.69. The Kier molecular flexibility index (Phi) is 3.70. The molecular formula is C14H21NO. The van der Waals surface area contributed by atoms with Gasteiger partial charge in [-0.25, -0.2) is 0 Å². The first-order chi connectivity index (χ1) is 7.79. The third-order valence-corrected chi connectivity index (χ3v) is 3.13. The van der Waals surface area contributed by atoms with Crippen LogP contribution < -0.4 is 10.1 Å². The number of hydrogen-bond donors (Lipinski definition) is 1. The van der Waals surface area contributed by atoms with Gasteiger partial charge in [0, 0.05) is 18.7 Å². The van der Waals surface area contributed by atoms with Gasteiger partial charge in [0.2, 0.25) is 0 Å². The van der Waals surface area contributed by atoms with Gasteiger partial charge in [0.05, 0.1) is 6.61 Å². The summed E-state index contributed by atoms with van der Waals surface area (Å²) in [5.74, 6) is 1.81. The molecule has 0 aromatic heterocycles. The van der Waals surface area contributed by atoms with Crippen LogP contribution in [0, 0.1) is 5.92 Å². The van der Waals surface area contributed by atoms with Crippen LogP contribution in [0.15, 0.2) is 18.2 Å². The van der Waals surface area contributed by atoms with Gasteiger partial charge in [-0.2, -0.15) is 0 Å². The van der Waals surface area contributed by atoms with Crippen LogP contribution in [0.5, 0.6) is 5.75 Å². The van der Waals surface area contributed by atoms with Gasteiger partial charge in [-0.15, -0.1) is 0 Å². The van der Waals surface area contributed by atoms with Gasteiger partial charge in [-0.05, 0) is 36.1 Å². The second kappa shape index (κ2) is 5.24. The van der Waals surface area contributed by atoms with Crippen molar-refractivity contribution in [1.29, 1.82) is 0 Å². The molecule has 1 unspecified atom stereocenters. The maximum Gasteiger partial charge on any atom is 0.122 e. The molecule has 1 aliphatic rings. The summed E-state index contributed by atoms with van der Waals surface area (Å²) in [6, 6.07) is 6.42. The first-order valence-corrected chi connectivity index (χ1v) is 6.29. The Bertz CT molecular complexity index is 349. The van der Waals surface area contributed by atoms with Crippen molar-refractivity contribution in [2.75, 3.05) is 18.5 Å². The average Bonchev–Trinajstić information content (AvgIpc) is 2.74. The summed E-state index contributed by atoms with van der Waals surface area (Å²) in [6.07, 6.45) is 3.61. The van der Waals surface area contributed by atoms with Crippen LogP contribution in [0.2, 0.25) is 0 Å². The number of ether oxygens (including phenoxy) is 1. The molecule has 0 spiro atoms. The number of hydrogen-bond acceptors (Lipinski definition) is 2. The van der Waals surface area contributed by atoms with Crippen LogP contribution in [-0.4, -0.2) is 13.2 Å². The molecule has 2 nitrogen and oxygen atoms in total. The molecule has 1 aliphatic heterocycles. The van der Waals surface area contributed by atoms with Crippen LogP contribution in [0.4, 0.5) is 5.69 Å². The van der Waals surface area contributed by atoms with Gasteiger partial charge in [-0.3, -0.25) is 0 Å². The number of nitrogens with one attached hydrogen (secondary N) is 1. The molecular weight excluding hydrogens is 198 g/mol. The van der Waals surface area contributed by atoms with E-state index in [1.165, 1.54) is 24.1 Å². The Balaban J connectivity index is 1.90. The first-order valence-electron chi connectivity index (χ1n) is 6.29. The molecule has 2 rings (SSSR count). The summed E-state index contributed by atoms with van der Waals surface area (Å²) >= 11 is 0. The number of benzene rings is 1. The van der Waals surface area contributed by atoms with Crippen molar-refractivity contribution in [2.24, 2.45) is 5.92 Å². The summed E-state index contributed by atoms with van der Waals surface area (Å²) < 4.78 is 5.49. The molecule has 1 atom stereocenters. The van der Waals surface area contributed by atoms with E-state index in [-0.39, 0.29) is 0 Å². The van der Waals surface area contributed by atoms with Crippen LogP contribution >= 0.6 is 0 Å². The standard InChI is InChI=1S/C14H21NO/c1-3-4-11(2)10-15-13-5-6-14-12(9-13)7-8-16-14/h5-6,9,11,15H,3-4,7-8,10H2,1-2H3. The Morgan fingerprint density at radius 1 is 1.44 bits per heavy atom. The highest BCUT2D eigenvalue weighted by atomic mass is 16.5. The lowest BCUT2D eigenvalue weighted by molar-refractivity contribution is 0.357. The molecule has 0 amide bonds. The molecule has 1 heterocycles. The lowest BCUT2D eigenvalue weighted by Gasteiger charge is -2.13. The molecule has 0 radical (unpaired) electrons. The molecule has 1 aromatic rings. The molecule has 1 N–H and O–H groups in total. The minimum atomic E-state index is 0.745. The molecule has 0 saturated heterocycles. The monoisotopic (exact) mass is 219 g/mol. The van der Waals surface area contributed by atoms with Crippen LogP contribution in [0.1, 0.15) is 32.3 Å². The molecule has 0 bridgehead atoms. The van der Waals surface area contributed by atoms with Crippen LogP contribution in [0.3, 0.4) is 0 Å². The van der Waals surface area contributed by atoms with Gasteiger partial charge < -0.3 is 10.1 Å². The molecule has 0 saturated carbocycles. The molecule has 88 valence electrons. The van der Waals surface area contributed by atoms with E-state index in [4.69, 9.17) is 4.74 Å². The van der Waals surface area contributed by atoms with Crippen LogP contribution in [0.25, 0.3) is 0 Å². The summed E-state index contributed by atoms with van der Waals surface area (Å²) in [7, 11) is 0. The second-order valence-corrected chi connectivity index (χ2v) is 4.70. The van der Waals surface area contributed by atoms with Gasteiger partial charge in [0.25, 0.3) is 0 Å². The summed E-state index contributed by atoms with van der Waals surface area (Å²) in [6.45, 7) is 6.44. The topological polar surface area (TPSA) is 21.3 Å². The molecule has 0 fully saturated rings. The SMILES string of the molecule is CCCC(C)CNc1ccc2c(c1)CCO2. The normalized spacial score (nSPS) is 15.4. The Morgan fingerprint density at radius 3 is 3.12 bits per heavy atom. The third-order valence-electron chi connectivity index (χ3n) is 3.13. The lowest BCUT2D eigenvalue weighted by Crippen LogP contribution is -2.10. The summed E-state index contributed by atoms with van der Waals surface area (Å²) in [5.41, 5.74) is 2.57. The largest absolute Gasteiger partial charge is 0.493 e. The first kappa shape index (κ1) is 11.3. The molecule has 0 aliphatic carbocycles. The van der Waals surface area contributed by atoms with Crippen molar-refractivity contribution >= 4 is 5.69 Å². The Morgan fingerprint density at radius 2 is 2.31 bits per heavy atom. The summed E-state index contributed by atoms with van der Waals surface area (Å²) in [4.78, 5) is 0. The Labute approximate surface area is 98.0 Å². The van der Waals surface area contributed by atoms with E-state index >= 15 is 0 Å². The maximum absolute atomic E-state index is 5.49. The van der Waals surface area contributed by atoms with Crippen molar-refractivity contribution in [2.45, 2.75) is 33.1 Å². The van der Waals surface area contributed by atoms with E-state index in [0.29, 0.717) is 0 Å². The van der Waals surface area contributed by atoms with Crippen LogP contribution in [-0.2, 0) is 6.42 Å². The molecule has 2 heteroatoms. The molecule has 1 aromatic carbocycles. The minimum Gasteiger partial charge on any atom is -0.493 e. The van der Waals surface area contributed by atoms with Crippen molar-refractivity contribution in [1.82, 2.24) is 0 Å². The number of fused-ring (bicyclic) bond motifs is 1. The van der Waals surface area contributed by atoms with Gasteiger partial charge in [-0.1, -0.05) is 20.3 Å². The van der Waals surface area contributed by atoms with E-state index in [9.17, 15) is 0 Å². The van der Waals surface area contributed by atoms with Crippen molar-refractivity contribution in [3.63, 3.8) is 0 Å². The van der Waals surface area contributed by atoms with Crippen molar-refractivity contribution in [3.8, 4) is 5.75 Å². The van der Waals surface area contributed by atoms with Gasteiger partial charge in [0.1, 0.15) is 5.75 Å². The maximum atomic E-state index is 5.49. The second-order valence-electron chi connectivity index (χ2n) is 4.70. The average molecular weight is 219 g/mol. The molecule has 16 heavy (non-hydrogen) atoms. The van der Waals surface area contributed by atoms with Gasteiger partial charge >= 0.3 is 0 Å². The Hall–Kier alpha value is -1.18. The predicted molar refractivity (Wildman–Crippen MR) is 68.2 cm³/mol. The fourth-order valence-corrected chi connectivity index (χ4v) is 2.18. The number of anilines is 1. The zero-order valence-electron chi connectivity index (χ0n) is 10.3. The van der Waals surface area contributed by atoms with Gasteiger partial charge in [0.15, 0.2) is 0 Å². The van der Waals surface area contributed by atoms with E-state index in [2.05, 4.69) is 37.4 Å². The van der Waals surface area contributed by atoms with Crippen molar-refractivity contribution < 1.29 is 4.74 Å². The van der Waals surface area contributed by atoms with E-state index in [1.807, 2.05) is 0 Å². The van der Waals surface area contributed by atoms with E-state index in [0.717, 1.165) is 31.2 Å². The predicted octanol–water partition coefficient (Wildman–Crippen LogP) is 3.47. The van der Waals surface area contributed by atoms with E-state index in [1.54, 1.807) is 0 Å². The minimum absolute atomic E-state index is 0.745. The fraction of sp³-hybridized carbons (Fsp3) is 0.571. The lowest BCUT2D eigenvalue weighted by atomic mass is 10.1. The number of rotatable bonds is 5. The zero-order valence-corrected chi connectivity index (χ0v) is 10.3. The smallest absolute Gasteiger partial charge is 0.122 e. The fourth-order valence-electron chi connectivity index (χ4n) is 2.18. The van der Waals surface area contributed by atoms with Crippen molar-refractivity contribution in [3.05, 3.63) is 23.8 Å².